The van der Waals surface area contributed by atoms with Crippen LogP contribution in [0.1, 0.15) is 30.4 Å². The molecule has 2 N–H and O–H groups in total. The summed E-state index contributed by atoms with van der Waals surface area (Å²) in [6, 6.07) is 9.85. The number of hydrogen-bond acceptors (Lipinski definition) is 3. The molecule has 19 heavy (non-hydrogen) atoms. The van der Waals surface area contributed by atoms with Gasteiger partial charge in [-0.3, -0.25) is 9.69 Å². The first-order chi connectivity index (χ1) is 9.17. The molecule has 0 bridgehead atoms. The molecule has 1 saturated heterocycles. The van der Waals surface area contributed by atoms with Gasteiger partial charge < -0.3 is 5.73 Å². The van der Waals surface area contributed by atoms with E-state index in [1.54, 1.807) is 0 Å². The smallest absolute Gasteiger partial charge is 0.217 e. The highest BCUT2D eigenvalue weighted by molar-refractivity contribution is 5.73. The molecule has 0 saturated carbocycles. The number of nitrogens with zero attached hydrogens (tertiary/aromatic N) is 2. The van der Waals surface area contributed by atoms with Crippen LogP contribution in [0.25, 0.3) is 0 Å². The second-order valence-electron chi connectivity index (χ2n) is 5.20. The van der Waals surface area contributed by atoms with Gasteiger partial charge in [0.25, 0.3) is 0 Å². The van der Waals surface area contributed by atoms with E-state index in [0.717, 1.165) is 32.5 Å². The predicted octanol–water partition coefficient (Wildman–Crippen LogP) is 1.65. The van der Waals surface area contributed by atoms with E-state index in [4.69, 9.17) is 11.0 Å². The zero-order chi connectivity index (χ0) is 13.7. The Morgan fingerprint density at radius 3 is 2.47 bits per heavy atom. The Morgan fingerprint density at radius 1 is 1.32 bits per heavy atom. The van der Waals surface area contributed by atoms with Gasteiger partial charge in [0.15, 0.2) is 0 Å². The van der Waals surface area contributed by atoms with Crippen molar-refractivity contribution in [3.63, 3.8) is 0 Å². The first kappa shape index (κ1) is 13.6. The molecule has 0 aliphatic carbocycles. The summed E-state index contributed by atoms with van der Waals surface area (Å²) in [5.41, 5.74) is 7.16. The Balaban J connectivity index is 1.82. The molecule has 0 aromatic heterocycles. The van der Waals surface area contributed by atoms with Gasteiger partial charge in [0.2, 0.25) is 5.91 Å². The lowest BCUT2D eigenvalue weighted by molar-refractivity contribution is -0.119. The maximum absolute atomic E-state index is 10.9. The van der Waals surface area contributed by atoms with Crippen molar-refractivity contribution in [3.8, 4) is 6.07 Å². The van der Waals surface area contributed by atoms with Gasteiger partial charge in [-0.2, -0.15) is 5.26 Å². The van der Waals surface area contributed by atoms with Gasteiger partial charge in [-0.05, 0) is 49.5 Å². The minimum absolute atomic E-state index is 0.189. The van der Waals surface area contributed by atoms with Crippen molar-refractivity contribution in [2.45, 2.75) is 25.8 Å². The minimum atomic E-state index is -0.189. The number of carbonyl (C=O) groups is 1. The molecule has 4 heteroatoms. The largest absolute Gasteiger partial charge is 0.370 e. The molecular weight excluding hydrogens is 238 g/mol. The molecule has 1 heterocycles. The highest BCUT2D eigenvalue weighted by atomic mass is 16.1. The maximum atomic E-state index is 10.9. The first-order valence-corrected chi connectivity index (χ1v) is 6.67. The van der Waals surface area contributed by atoms with Crippen molar-refractivity contribution in [3.05, 3.63) is 35.4 Å². The van der Waals surface area contributed by atoms with E-state index in [1.165, 1.54) is 5.56 Å². The summed E-state index contributed by atoms with van der Waals surface area (Å²) in [5, 5.41) is 8.75. The molecular formula is C15H19N3O. The number of hydrogen-bond donors (Lipinski definition) is 1. The van der Waals surface area contributed by atoms with Crippen molar-refractivity contribution >= 4 is 5.91 Å². The van der Waals surface area contributed by atoms with E-state index in [2.05, 4.69) is 11.0 Å². The fourth-order valence-corrected chi connectivity index (χ4v) is 2.58. The summed E-state index contributed by atoms with van der Waals surface area (Å²) in [6.07, 6.45) is 2.60. The van der Waals surface area contributed by atoms with Crippen molar-refractivity contribution in [1.29, 1.82) is 5.26 Å². The Morgan fingerprint density at radius 2 is 1.95 bits per heavy atom. The number of rotatable bonds is 4. The van der Waals surface area contributed by atoms with Crippen LogP contribution in [-0.2, 0) is 11.3 Å². The zero-order valence-electron chi connectivity index (χ0n) is 11.0. The number of benzene rings is 1. The summed E-state index contributed by atoms with van der Waals surface area (Å²) < 4.78 is 0. The number of carbonyl (C=O) groups excluding carboxylic acids is 1. The van der Waals surface area contributed by atoms with Crippen molar-refractivity contribution < 1.29 is 4.79 Å². The van der Waals surface area contributed by atoms with Gasteiger partial charge in [0.1, 0.15) is 0 Å². The van der Waals surface area contributed by atoms with Gasteiger partial charge in [0.05, 0.1) is 11.6 Å². The molecule has 1 amide bonds. The predicted molar refractivity (Wildman–Crippen MR) is 73.0 cm³/mol. The van der Waals surface area contributed by atoms with Gasteiger partial charge in [-0.25, -0.2) is 0 Å². The molecule has 0 spiro atoms. The second-order valence-corrected chi connectivity index (χ2v) is 5.20. The molecule has 0 atom stereocenters. The summed E-state index contributed by atoms with van der Waals surface area (Å²) in [6.45, 7) is 2.94. The Labute approximate surface area is 113 Å². The molecule has 2 rings (SSSR count). The molecule has 1 aromatic carbocycles. The third-order valence-electron chi connectivity index (χ3n) is 3.69. The van der Waals surface area contributed by atoms with E-state index in [-0.39, 0.29) is 5.91 Å². The van der Waals surface area contributed by atoms with Crippen LogP contribution in [0.4, 0.5) is 0 Å². The number of primary amides is 1. The van der Waals surface area contributed by atoms with Gasteiger partial charge >= 0.3 is 0 Å². The summed E-state index contributed by atoms with van der Waals surface area (Å²) >= 11 is 0. The average molecular weight is 257 g/mol. The second kappa shape index (κ2) is 6.35. The molecule has 1 aliphatic heterocycles. The molecule has 1 aliphatic rings. The number of likely N-dealkylation sites (tertiary alicyclic amines) is 1. The van der Waals surface area contributed by atoms with Crippen LogP contribution in [0.2, 0.25) is 0 Å². The molecule has 0 radical (unpaired) electrons. The Kier molecular flexibility index (Phi) is 4.53. The molecule has 100 valence electrons. The summed E-state index contributed by atoms with van der Waals surface area (Å²) in [7, 11) is 0. The zero-order valence-corrected chi connectivity index (χ0v) is 11.0. The highest BCUT2D eigenvalue weighted by Crippen LogP contribution is 2.21. The van der Waals surface area contributed by atoms with Crippen LogP contribution in [0.15, 0.2) is 24.3 Å². The van der Waals surface area contributed by atoms with Gasteiger partial charge in [-0.15, -0.1) is 0 Å². The van der Waals surface area contributed by atoms with Crippen LogP contribution in [0.3, 0.4) is 0 Å². The normalized spacial score (nSPS) is 17.0. The number of amides is 1. The topological polar surface area (TPSA) is 70.1 Å². The lowest BCUT2D eigenvalue weighted by Crippen LogP contribution is -2.34. The van der Waals surface area contributed by atoms with Gasteiger partial charge in [-0.1, -0.05) is 12.1 Å². The van der Waals surface area contributed by atoms with Crippen LogP contribution < -0.4 is 5.73 Å². The third kappa shape index (κ3) is 4.08. The van der Waals surface area contributed by atoms with Crippen molar-refractivity contribution in [2.24, 2.45) is 11.7 Å². The molecule has 4 nitrogen and oxygen atoms in total. The quantitative estimate of drug-likeness (QED) is 0.891. The van der Waals surface area contributed by atoms with Crippen LogP contribution in [0.5, 0.6) is 0 Å². The molecule has 1 fully saturated rings. The van der Waals surface area contributed by atoms with Crippen LogP contribution in [-0.4, -0.2) is 23.9 Å². The average Bonchev–Trinajstić information content (AvgIpc) is 2.41. The number of piperidine rings is 1. The SMILES string of the molecule is N#Cc1ccc(CN2CCC(CC(N)=O)CC2)cc1. The molecule has 0 unspecified atom stereocenters. The fourth-order valence-electron chi connectivity index (χ4n) is 2.58. The maximum Gasteiger partial charge on any atom is 0.217 e. The van der Waals surface area contributed by atoms with E-state index in [0.29, 0.717) is 17.9 Å². The van der Waals surface area contributed by atoms with Crippen LogP contribution >= 0.6 is 0 Å². The monoisotopic (exact) mass is 257 g/mol. The number of nitriles is 1. The summed E-state index contributed by atoms with van der Waals surface area (Å²) in [4.78, 5) is 13.3. The first-order valence-electron chi connectivity index (χ1n) is 6.67. The number of nitrogens with two attached hydrogens (primary N) is 1. The third-order valence-corrected chi connectivity index (χ3v) is 3.69. The fraction of sp³-hybridized carbons (Fsp3) is 0.467. The summed E-state index contributed by atoms with van der Waals surface area (Å²) in [5.74, 6) is 0.264. The van der Waals surface area contributed by atoms with E-state index in [1.807, 2.05) is 24.3 Å². The van der Waals surface area contributed by atoms with Gasteiger partial charge in [0, 0.05) is 13.0 Å². The van der Waals surface area contributed by atoms with E-state index < -0.39 is 0 Å². The highest BCUT2D eigenvalue weighted by Gasteiger charge is 2.20. The lowest BCUT2D eigenvalue weighted by Gasteiger charge is -2.31. The Bertz CT molecular complexity index is 467. The standard InChI is InChI=1S/C15H19N3O/c16-10-13-1-3-14(4-2-13)11-18-7-5-12(6-8-18)9-15(17)19/h1-4,12H,5-9,11H2,(H2,17,19). The van der Waals surface area contributed by atoms with Crippen molar-refractivity contribution in [1.82, 2.24) is 4.90 Å². The van der Waals surface area contributed by atoms with E-state index >= 15 is 0 Å². The van der Waals surface area contributed by atoms with E-state index in [9.17, 15) is 4.79 Å². The van der Waals surface area contributed by atoms with Crippen LogP contribution in [0, 0.1) is 17.2 Å². The lowest BCUT2D eigenvalue weighted by atomic mass is 9.93. The Hall–Kier alpha value is -1.86. The van der Waals surface area contributed by atoms with Crippen molar-refractivity contribution in [2.75, 3.05) is 13.1 Å². The minimum Gasteiger partial charge on any atom is -0.370 e. The molecule has 1 aromatic rings.